The molecule has 6 aliphatic rings. The average Bonchev–Trinajstić information content (AvgIpc) is 1.64. The number of nitrogens with zero attached hydrogens (tertiary/aromatic N) is 2. The minimum Gasteiger partial charge on any atom is -0.850 e. The molecule has 0 radical (unpaired) electrons. The number of halogens is 8. The molecule has 17 nitrogen and oxygen atoms in total. The fourth-order valence-electron chi connectivity index (χ4n) is 10.6. The second kappa shape index (κ2) is 42.0. The Morgan fingerprint density at radius 2 is 1.13 bits per heavy atom. The zero-order valence-electron chi connectivity index (χ0n) is 62.9. The van der Waals surface area contributed by atoms with Gasteiger partial charge in [0.25, 0.3) is 0 Å². The van der Waals surface area contributed by atoms with Crippen LogP contribution in [-0.4, -0.2) is 108 Å². The number of phenols is 1. The maximum atomic E-state index is 14.3. The first kappa shape index (κ1) is 91.0. The molecule has 2 fully saturated rings. The number of rotatable bonds is 7. The number of esters is 1. The number of aryl methyl sites for hydroxylation is 5. The molecule has 0 bridgehead atoms. The molecule has 107 heavy (non-hydrogen) atoms. The molecule has 0 saturated carbocycles. The molecule has 8 heterocycles. The van der Waals surface area contributed by atoms with E-state index in [0.29, 0.717) is 67.8 Å². The summed E-state index contributed by atoms with van der Waals surface area (Å²) in [5.41, 5.74) is 9.73. The SMILES string of the molecule is CC(C)(C)[O-].Cc1c(B2OC(C)(C)C(C)(C)O2)cc(F)c2c1CCCO2.Cc1c(Br)cc(F)c2c1CCCO2.Cc1ccc(F)c(O)c1.Cc1ccc(F)c(OCCC(=O)O)c1.Cc1ccc(F)c2c1C(=O)CCO2.Cc1ccc(F)c2c1CCCO2.Cn1nc(-c2cccs2)c(Br)c1C=O.O=C1CCO1.[K+]. The molecule has 14 rings (SSSR count). The van der Waals surface area contributed by atoms with Crippen molar-refractivity contribution in [1.29, 1.82) is 0 Å². The summed E-state index contributed by atoms with van der Waals surface area (Å²) in [5.74, 6) is -2.08. The predicted molar refractivity (Wildman–Crippen MR) is 400 cm³/mol. The summed E-state index contributed by atoms with van der Waals surface area (Å²) < 4.78 is 125. The Morgan fingerprint density at radius 3 is 1.61 bits per heavy atom. The molecule has 6 aromatic carbocycles. The topological polar surface area (TPSA) is 223 Å². The Hall–Kier alpha value is -6.57. The van der Waals surface area contributed by atoms with Crippen LogP contribution in [0.25, 0.3) is 10.6 Å². The number of cyclic esters (lactones) is 1. The summed E-state index contributed by atoms with van der Waals surface area (Å²) in [4.78, 5) is 43.1. The zero-order chi connectivity index (χ0) is 78.5. The van der Waals surface area contributed by atoms with Crippen LogP contribution in [0.2, 0.25) is 0 Å². The second-order valence-corrected chi connectivity index (χ2v) is 29.7. The molecule has 2 aromatic heterocycles. The number of hydrogen-bond acceptors (Lipinski definition) is 16. The van der Waals surface area contributed by atoms with Crippen LogP contribution in [0.5, 0.6) is 34.5 Å². The van der Waals surface area contributed by atoms with Crippen LogP contribution in [0.1, 0.15) is 158 Å². The summed E-state index contributed by atoms with van der Waals surface area (Å²) in [5, 5.41) is 33.4. The number of Topliss-reactive ketones (excluding diaryl/α,β-unsaturated/α-hetero) is 1. The number of carboxylic acid groups (broad SMARTS) is 1. The summed E-state index contributed by atoms with van der Waals surface area (Å²) in [6, 6.07) is 21.8. The fourth-order valence-corrected chi connectivity index (χ4v) is 12.5. The van der Waals surface area contributed by atoms with Crippen molar-refractivity contribution in [2.24, 2.45) is 7.05 Å². The molecule has 0 amide bonds. The minimum atomic E-state index is -0.960. The number of benzene rings is 6. The van der Waals surface area contributed by atoms with Gasteiger partial charge in [-0.3, -0.25) is 23.9 Å². The van der Waals surface area contributed by atoms with Gasteiger partial charge >= 0.3 is 70.4 Å². The number of phenolic OH excluding ortho intramolecular Hbond substituents is 1. The number of ketones is 1. The van der Waals surface area contributed by atoms with Gasteiger partial charge in [-0.15, -0.1) is 16.9 Å². The maximum absolute atomic E-state index is 14.3. The number of fused-ring (bicyclic) bond motifs is 4. The van der Waals surface area contributed by atoms with Crippen molar-refractivity contribution in [2.75, 3.05) is 39.6 Å². The van der Waals surface area contributed by atoms with E-state index in [-0.39, 0.29) is 117 Å². The van der Waals surface area contributed by atoms with Gasteiger partial charge in [0.2, 0.25) is 0 Å². The summed E-state index contributed by atoms with van der Waals surface area (Å²) in [6.45, 7) is 27.0. The van der Waals surface area contributed by atoms with Gasteiger partial charge in [-0.1, -0.05) is 67.0 Å². The number of ether oxygens (including phenoxy) is 6. The third kappa shape index (κ3) is 26.6. The maximum Gasteiger partial charge on any atom is 1.00 e. The second-order valence-electron chi connectivity index (χ2n) is 27.1. The molecule has 0 spiro atoms. The Bertz CT molecular complexity index is 4310. The average molecular weight is 1660 g/mol. The van der Waals surface area contributed by atoms with Crippen LogP contribution >= 0.6 is 43.2 Å². The number of carboxylic acids is 1. The number of aliphatic carboxylic acids is 1. The van der Waals surface area contributed by atoms with E-state index in [1.165, 1.54) is 48.5 Å². The van der Waals surface area contributed by atoms with Crippen LogP contribution in [-0.2, 0) is 49.9 Å². The van der Waals surface area contributed by atoms with Crippen LogP contribution < -0.4 is 85.6 Å². The van der Waals surface area contributed by atoms with Gasteiger partial charge in [-0.2, -0.15) is 5.10 Å². The third-order valence-corrected chi connectivity index (χ3v) is 19.5. The summed E-state index contributed by atoms with van der Waals surface area (Å²) >= 11 is 8.31. The smallest absolute Gasteiger partial charge is 0.850 e. The molecular weight excluding hydrogens is 1570 g/mol. The van der Waals surface area contributed by atoms with E-state index in [1.807, 2.05) is 79.0 Å². The molecule has 0 atom stereocenters. The van der Waals surface area contributed by atoms with E-state index in [2.05, 4.69) is 41.7 Å². The van der Waals surface area contributed by atoms with Gasteiger partial charge in [0.05, 0.1) is 72.0 Å². The molecule has 572 valence electrons. The van der Waals surface area contributed by atoms with Gasteiger partial charge in [0, 0.05) is 29.1 Å². The monoisotopic (exact) mass is 1660 g/mol. The molecule has 28 heteroatoms. The molecule has 0 unspecified atom stereocenters. The fraction of sp³-hybridized carbons (Fsp3) is 0.405. The van der Waals surface area contributed by atoms with Crippen molar-refractivity contribution in [1.82, 2.24) is 9.78 Å². The van der Waals surface area contributed by atoms with Crippen molar-refractivity contribution in [2.45, 2.75) is 165 Å². The summed E-state index contributed by atoms with van der Waals surface area (Å²) in [6.07, 6.45) is 7.22. The Balaban J connectivity index is 0.000000221. The van der Waals surface area contributed by atoms with E-state index in [0.717, 1.165) is 120 Å². The summed E-state index contributed by atoms with van der Waals surface area (Å²) in [7, 11) is 1.22. The quantitative estimate of drug-likeness (QED) is 0.0655. The van der Waals surface area contributed by atoms with Gasteiger partial charge in [-0.05, 0) is 228 Å². The largest absolute Gasteiger partial charge is 1.00 e. The first-order valence-corrected chi connectivity index (χ1v) is 36.7. The Labute approximate surface area is 685 Å². The standard InChI is InChI=1S/C16H22BFO3.C10H10BrFO.C10H11FO3.C10H9FO2.C10H11FO.C9H7BrN2OS.C7H7FO.C4H9O.C3H4O2.K/c1-10-11-7-6-8-19-14(11)13(18)9-12(10)17-20-15(2,3)16(4,5)21-17;1-6-7-3-2-4-13-10(7)9(12)5-8(6)11;1-7-2-3-8(11)9(6-7)14-5-4-10(12)13;1-6-2-3-7(11)10-9(6)8(12)4-5-13-10;1-7-4-5-9(11)10-8(7)3-2-6-12-10;1-12-6(5-13)8(10)9(11-12)7-3-2-4-14-7;1-5-2-3-6(8)7(9)4-5;1-4(2,3)5;4-3-1-2-5-3;/h9H,6-8H2,1-5H3;5H,2-4H2,1H3;2-3,6H,4-5H2,1H3,(H,12,13);2-3H,4-5H2,1H3;4-5H,2-3,6H2,1H3;2-5H,1H3;2-4,9H,1H3;1-3H3;1-2H2;/q;;;;;;;-1;;+1. The molecule has 6 aliphatic heterocycles. The molecule has 2 saturated heterocycles. The predicted octanol–water partition coefficient (Wildman–Crippen LogP) is 14.2. The number of hydrogen-bond donors (Lipinski definition) is 2. The number of thiophene rings is 1. The number of aldehydes is 1. The minimum absolute atomic E-state index is 0. The van der Waals surface area contributed by atoms with Gasteiger partial charge < -0.3 is 53.0 Å². The van der Waals surface area contributed by atoms with Gasteiger partial charge in [0.15, 0.2) is 81.5 Å². The molecule has 0 aliphatic carbocycles. The number of aromatic nitrogens is 2. The van der Waals surface area contributed by atoms with Crippen LogP contribution in [0.4, 0.5) is 26.3 Å². The third-order valence-electron chi connectivity index (χ3n) is 17.0. The van der Waals surface area contributed by atoms with E-state index >= 15 is 0 Å². The number of carbonyl (C=O) groups is 4. The van der Waals surface area contributed by atoms with Crippen molar-refractivity contribution >= 4 is 79.8 Å². The molecule has 8 aromatic rings. The normalized spacial score (nSPS) is 14.8. The molecular formula is C79H90BBr2F6KN2O15S. The van der Waals surface area contributed by atoms with Crippen LogP contribution in [0.15, 0.2) is 99.3 Å². The first-order valence-electron chi connectivity index (χ1n) is 34.2. The molecule has 2 N–H and O–H groups in total. The van der Waals surface area contributed by atoms with Crippen molar-refractivity contribution < 1.29 is 150 Å². The Kier molecular flexibility index (Phi) is 35.7. The van der Waals surface area contributed by atoms with Crippen molar-refractivity contribution in [3.05, 3.63) is 195 Å². The van der Waals surface area contributed by atoms with E-state index in [4.69, 9.17) is 43.2 Å². The van der Waals surface area contributed by atoms with Gasteiger partial charge in [-0.25, -0.2) is 26.3 Å². The van der Waals surface area contributed by atoms with Gasteiger partial charge in [0.1, 0.15) is 18.0 Å². The van der Waals surface area contributed by atoms with Crippen LogP contribution in [0, 0.1) is 76.4 Å². The van der Waals surface area contributed by atoms with E-state index < -0.39 is 47.3 Å². The number of carbonyl (C=O) groups excluding carboxylic acids is 3. The van der Waals surface area contributed by atoms with Crippen molar-refractivity contribution in [3.63, 3.8) is 0 Å². The van der Waals surface area contributed by atoms with Crippen LogP contribution in [0.3, 0.4) is 0 Å². The zero-order valence-corrected chi connectivity index (χ0v) is 70.1. The van der Waals surface area contributed by atoms with E-state index in [1.54, 1.807) is 75.9 Å². The van der Waals surface area contributed by atoms with E-state index in [9.17, 15) is 50.6 Å². The van der Waals surface area contributed by atoms with Crippen molar-refractivity contribution in [3.8, 4) is 45.1 Å². The Morgan fingerprint density at radius 1 is 0.654 bits per heavy atom. The first-order chi connectivity index (χ1) is 49.8. The number of aromatic hydroxyl groups is 1.